The Morgan fingerprint density at radius 1 is 1.28 bits per heavy atom. The molecule has 0 aromatic carbocycles. The van der Waals surface area contributed by atoms with Crippen LogP contribution in [0.5, 0.6) is 0 Å². The Morgan fingerprint density at radius 2 is 1.89 bits per heavy atom. The lowest BCUT2D eigenvalue weighted by Gasteiger charge is -2.20. The average Bonchev–Trinajstić information content (AvgIpc) is 2.56. The minimum absolute atomic E-state index is 0.150. The van der Waals surface area contributed by atoms with E-state index >= 15 is 0 Å². The van der Waals surface area contributed by atoms with E-state index in [4.69, 9.17) is 4.98 Å². The number of aromatic nitrogens is 1. The van der Waals surface area contributed by atoms with Crippen molar-refractivity contribution in [2.24, 2.45) is 5.92 Å². The van der Waals surface area contributed by atoms with Crippen LogP contribution in [0.2, 0.25) is 0 Å². The van der Waals surface area contributed by atoms with Crippen molar-refractivity contribution in [1.82, 2.24) is 10.3 Å². The summed E-state index contributed by atoms with van der Waals surface area (Å²) in [7, 11) is 4.11. The molecule has 3 nitrogen and oxygen atoms in total. The predicted molar refractivity (Wildman–Crippen MR) is 81.6 cm³/mol. The highest BCUT2D eigenvalue weighted by atomic mass is 32.1. The number of rotatable bonds is 5. The lowest BCUT2D eigenvalue weighted by atomic mass is 10.1. The minimum atomic E-state index is 0.150. The minimum Gasteiger partial charge on any atom is -0.354 e. The fourth-order valence-electron chi connectivity index (χ4n) is 1.59. The van der Waals surface area contributed by atoms with Gasteiger partial charge in [0, 0.05) is 31.1 Å². The first-order chi connectivity index (χ1) is 8.19. The van der Waals surface area contributed by atoms with E-state index in [9.17, 15) is 0 Å². The summed E-state index contributed by atoms with van der Waals surface area (Å²) in [4.78, 5) is 8.22. The second-order valence-electron chi connectivity index (χ2n) is 6.46. The van der Waals surface area contributed by atoms with Crippen LogP contribution in [0.1, 0.15) is 45.2 Å². The zero-order chi connectivity index (χ0) is 13.9. The molecule has 1 heterocycles. The second kappa shape index (κ2) is 6.02. The Hall–Kier alpha value is -0.610. The van der Waals surface area contributed by atoms with Crippen LogP contribution < -0.4 is 10.2 Å². The van der Waals surface area contributed by atoms with E-state index in [0.717, 1.165) is 18.1 Å². The van der Waals surface area contributed by atoms with E-state index < -0.39 is 0 Å². The first-order valence-electron chi connectivity index (χ1n) is 6.60. The molecule has 18 heavy (non-hydrogen) atoms. The molecule has 0 aliphatic carbocycles. The summed E-state index contributed by atoms with van der Waals surface area (Å²) in [6.07, 6.45) is 1.06. The predicted octanol–water partition coefficient (Wildman–Crippen LogP) is 3.30. The molecule has 0 spiro atoms. The molecule has 1 rings (SSSR count). The summed E-state index contributed by atoms with van der Waals surface area (Å²) in [5.74, 6) is 0.649. The third kappa shape index (κ3) is 4.94. The Bertz CT molecular complexity index is 375. The zero-order valence-electron chi connectivity index (χ0n) is 12.8. The molecule has 1 N–H and O–H groups in total. The summed E-state index contributed by atoms with van der Waals surface area (Å²) >= 11 is 1.80. The van der Waals surface area contributed by atoms with Crippen LogP contribution in [0.3, 0.4) is 0 Å². The van der Waals surface area contributed by atoms with Crippen molar-refractivity contribution in [3.05, 3.63) is 10.6 Å². The van der Waals surface area contributed by atoms with Gasteiger partial charge in [-0.3, -0.25) is 0 Å². The highest BCUT2D eigenvalue weighted by molar-refractivity contribution is 7.15. The molecule has 1 aromatic heterocycles. The maximum absolute atomic E-state index is 4.75. The number of anilines is 1. The van der Waals surface area contributed by atoms with Gasteiger partial charge < -0.3 is 10.2 Å². The molecule has 0 fully saturated rings. The van der Waals surface area contributed by atoms with E-state index in [1.807, 2.05) is 0 Å². The average molecular weight is 269 g/mol. The summed E-state index contributed by atoms with van der Waals surface area (Å²) in [6.45, 7) is 12.0. The topological polar surface area (TPSA) is 28.2 Å². The number of thiazole rings is 1. The zero-order valence-corrected chi connectivity index (χ0v) is 13.6. The molecule has 0 aliphatic heterocycles. The van der Waals surface area contributed by atoms with Crippen molar-refractivity contribution in [2.45, 2.75) is 53.1 Å². The van der Waals surface area contributed by atoms with Crippen molar-refractivity contribution in [3.63, 3.8) is 0 Å². The molecule has 1 aromatic rings. The maximum atomic E-state index is 4.75. The number of hydrogen-bond acceptors (Lipinski definition) is 4. The Morgan fingerprint density at radius 3 is 2.33 bits per heavy atom. The van der Waals surface area contributed by atoms with E-state index in [1.165, 1.54) is 10.6 Å². The largest absolute Gasteiger partial charge is 0.354 e. The maximum Gasteiger partial charge on any atom is 0.185 e. The summed E-state index contributed by atoms with van der Waals surface area (Å²) in [5, 5.41) is 4.66. The van der Waals surface area contributed by atoms with Gasteiger partial charge in [0.25, 0.3) is 0 Å². The van der Waals surface area contributed by atoms with Crippen LogP contribution in [0.4, 0.5) is 5.13 Å². The number of hydrogen-bond donors (Lipinski definition) is 1. The van der Waals surface area contributed by atoms with Gasteiger partial charge in [-0.05, 0) is 33.1 Å². The van der Waals surface area contributed by atoms with Crippen LogP contribution in [0.15, 0.2) is 0 Å². The molecule has 0 amide bonds. The van der Waals surface area contributed by atoms with Gasteiger partial charge in [0.1, 0.15) is 0 Å². The first-order valence-corrected chi connectivity index (χ1v) is 7.41. The fourth-order valence-corrected chi connectivity index (χ4v) is 2.54. The Balaban J connectivity index is 2.86. The Kier molecular flexibility index (Phi) is 5.17. The van der Waals surface area contributed by atoms with Gasteiger partial charge >= 0.3 is 0 Å². The second-order valence-corrected chi connectivity index (χ2v) is 7.52. The molecular formula is C14H27N3S. The molecule has 0 radical (unpaired) electrons. The van der Waals surface area contributed by atoms with Gasteiger partial charge in [0.15, 0.2) is 5.13 Å². The molecule has 0 aliphatic rings. The number of nitrogens with zero attached hydrogens (tertiary/aromatic N) is 2. The highest BCUT2D eigenvalue weighted by Crippen LogP contribution is 2.27. The standard InChI is InChI=1S/C14H27N3S/c1-10(2)8-11-12(9-15-14(3,4)5)18-13(16-11)17(6)7/h10,15H,8-9H2,1-7H3. The molecular weight excluding hydrogens is 242 g/mol. The third-order valence-electron chi connectivity index (χ3n) is 2.53. The first kappa shape index (κ1) is 15.4. The molecule has 104 valence electrons. The van der Waals surface area contributed by atoms with Gasteiger partial charge in [-0.25, -0.2) is 4.98 Å². The van der Waals surface area contributed by atoms with Crippen molar-refractivity contribution in [1.29, 1.82) is 0 Å². The van der Waals surface area contributed by atoms with Gasteiger partial charge in [-0.15, -0.1) is 11.3 Å². The molecule has 0 saturated carbocycles. The highest BCUT2D eigenvalue weighted by Gasteiger charge is 2.16. The third-order valence-corrected chi connectivity index (χ3v) is 3.80. The van der Waals surface area contributed by atoms with E-state index in [0.29, 0.717) is 5.92 Å². The van der Waals surface area contributed by atoms with Gasteiger partial charge in [-0.2, -0.15) is 0 Å². The lowest BCUT2D eigenvalue weighted by Crippen LogP contribution is -2.35. The number of nitrogens with one attached hydrogen (secondary N) is 1. The van der Waals surface area contributed by atoms with Gasteiger partial charge in [-0.1, -0.05) is 13.8 Å². The smallest absolute Gasteiger partial charge is 0.185 e. The van der Waals surface area contributed by atoms with E-state index in [-0.39, 0.29) is 5.54 Å². The van der Waals surface area contributed by atoms with Crippen LogP contribution in [-0.2, 0) is 13.0 Å². The fraction of sp³-hybridized carbons (Fsp3) is 0.786. The Labute approximate surface area is 116 Å². The van der Waals surface area contributed by atoms with E-state index in [1.54, 1.807) is 11.3 Å². The summed E-state index contributed by atoms with van der Waals surface area (Å²) in [6, 6.07) is 0. The molecule has 0 saturated heterocycles. The molecule has 4 heteroatoms. The normalized spacial score (nSPS) is 12.2. The van der Waals surface area contributed by atoms with Crippen LogP contribution >= 0.6 is 11.3 Å². The van der Waals surface area contributed by atoms with Crippen LogP contribution in [0.25, 0.3) is 0 Å². The monoisotopic (exact) mass is 269 g/mol. The van der Waals surface area contributed by atoms with Crippen molar-refractivity contribution >= 4 is 16.5 Å². The molecule has 0 unspecified atom stereocenters. The lowest BCUT2D eigenvalue weighted by molar-refractivity contribution is 0.425. The SMILES string of the molecule is CC(C)Cc1nc(N(C)C)sc1CNC(C)(C)C. The van der Waals surface area contributed by atoms with Crippen molar-refractivity contribution in [2.75, 3.05) is 19.0 Å². The molecule has 0 bridgehead atoms. The van der Waals surface area contributed by atoms with Crippen molar-refractivity contribution < 1.29 is 0 Å². The van der Waals surface area contributed by atoms with Gasteiger partial charge in [0.05, 0.1) is 5.69 Å². The molecule has 0 atom stereocenters. The summed E-state index contributed by atoms with van der Waals surface area (Å²) < 4.78 is 0. The van der Waals surface area contributed by atoms with Crippen molar-refractivity contribution in [3.8, 4) is 0 Å². The van der Waals surface area contributed by atoms with Gasteiger partial charge in [0.2, 0.25) is 0 Å². The quantitative estimate of drug-likeness (QED) is 0.889. The van der Waals surface area contributed by atoms with Crippen LogP contribution in [-0.4, -0.2) is 24.6 Å². The summed E-state index contributed by atoms with van der Waals surface area (Å²) in [5.41, 5.74) is 1.41. The van der Waals surface area contributed by atoms with Crippen LogP contribution in [0, 0.1) is 5.92 Å². The van der Waals surface area contributed by atoms with E-state index in [2.05, 4.69) is 58.9 Å².